The fraction of sp³-hybridized carbons (Fsp3) is 0.846. The first kappa shape index (κ1) is 13.9. The molecule has 0 saturated heterocycles. The van der Waals surface area contributed by atoms with Crippen LogP contribution in [0.3, 0.4) is 0 Å². The zero-order chi connectivity index (χ0) is 11.5. The average molecular weight is 243 g/mol. The van der Waals surface area contributed by atoms with Crippen LogP contribution in [-0.2, 0) is 4.74 Å². The van der Waals surface area contributed by atoms with Crippen LogP contribution in [0.4, 0.5) is 0 Å². The van der Waals surface area contributed by atoms with Crippen molar-refractivity contribution >= 4 is 11.8 Å². The van der Waals surface area contributed by atoms with Crippen molar-refractivity contribution < 1.29 is 4.74 Å². The molecule has 0 aromatic carbocycles. The predicted molar refractivity (Wildman–Crippen MR) is 73.0 cm³/mol. The average Bonchev–Trinajstić information content (AvgIpc) is 2.34. The van der Waals surface area contributed by atoms with Crippen LogP contribution in [0.25, 0.3) is 0 Å². The molecule has 0 aliphatic carbocycles. The minimum atomic E-state index is 0.404. The third-order valence-electron chi connectivity index (χ3n) is 2.85. The Balaban J connectivity index is 1.79. The van der Waals surface area contributed by atoms with Crippen LogP contribution in [0.1, 0.15) is 38.5 Å². The smallest absolute Gasteiger partial charge is 0.110 e. The molecule has 16 heavy (non-hydrogen) atoms. The lowest BCUT2D eigenvalue weighted by Crippen LogP contribution is -2.29. The molecular weight excluding hydrogens is 218 g/mol. The molecule has 0 radical (unpaired) electrons. The molecule has 94 valence electrons. The van der Waals surface area contributed by atoms with Crippen LogP contribution in [0.5, 0.6) is 0 Å². The molecule has 0 aromatic heterocycles. The lowest BCUT2D eigenvalue weighted by molar-refractivity contribution is 0.122. The van der Waals surface area contributed by atoms with Gasteiger partial charge in [0.05, 0.1) is 6.26 Å². The molecule has 0 amide bonds. The number of unbranched alkanes of at least 4 members (excludes halogenated alkanes) is 3. The quantitative estimate of drug-likeness (QED) is 0.628. The van der Waals surface area contributed by atoms with Gasteiger partial charge in [-0.25, -0.2) is 0 Å². The molecule has 0 aromatic rings. The molecule has 1 atom stereocenters. The van der Waals surface area contributed by atoms with E-state index in [0.717, 1.165) is 19.5 Å². The fourth-order valence-corrected chi connectivity index (χ4v) is 2.34. The van der Waals surface area contributed by atoms with Gasteiger partial charge in [-0.1, -0.05) is 12.8 Å². The summed E-state index contributed by atoms with van der Waals surface area (Å²) >= 11 is 1.95. The summed E-state index contributed by atoms with van der Waals surface area (Å²) in [5.74, 6) is 1.32. The van der Waals surface area contributed by atoms with Gasteiger partial charge in [0, 0.05) is 6.54 Å². The minimum absolute atomic E-state index is 0.404. The summed E-state index contributed by atoms with van der Waals surface area (Å²) in [5.41, 5.74) is 0. The third-order valence-corrected chi connectivity index (χ3v) is 3.54. The van der Waals surface area contributed by atoms with Gasteiger partial charge in [0.25, 0.3) is 0 Å². The van der Waals surface area contributed by atoms with Crippen LogP contribution >= 0.6 is 11.8 Å². The van der Waals surface area contributed by atoms with E-state index in [2.05, 4.69) is 17.6 Å². The highest BCUT2D eigenvalue weighted by atomic mass is 32.2. The second-order valence-corrected chi connectivity index (χ2v) is 5.30. The highest BCUT2D eigenvalue weighted by Gasteiger charge is 2.09. The van der Waals surface area contributed by atoms with E-state index in [4.69, 9.17) is 4.74 Å². The van der Waals surface area contributed by atoms with Crippen LogP contribution < -0.4 is 5.32 Å². The van der Waals surface area contributed by atoms with Gasteiger partial charge in [0.15, 0.2) is 0 Å². The van der Waals surface area contributed by atoms with Crippen LogP contribution in [-0.4, -0.2) is 31.2 Å². The third kappa shape index (κ3) is 7.18. The van der Waals surface area contributed by atoms with E-state index < -0.39 is 0 Å². The highest BCUT2D eigenvalue weighted by Crippen LogP contribution is 2.09. The maximum atomic E-state index is 5.49. The van der Waals surface area contributed by atoms with E-state index in [1.807, 2.05) is 18.0 Å². The van der Waals surface area contributed by atoms with E-state index in [1.165, 1.54) is 37.9 Å². The van der Waals surface area contributed by atoms with Crippen LogP contribution in [0, 0.1) is 0 Å². The summed E-state index contributed by atoms with van der Waals surface area (Å²) < 4.78 is 5.49. The number of ether oxygens (including phenoxy) is 1. The first-order chi connectivity index (χ1) is 7.93. The van der Waals surface area contributed by atoms with Gasteiger partial charge in [-0.2, -0.15) is 11.8 Å². The summed E-state index contributed by atoms with van der Waals surface area (Å²) in [5, 5.41) is 3.48. The first-order valence-corrected chi connectivity index (χ1v) is 7.83. The molecule has 0 saturated carbocycles. The van der Waals surface area contributed by atoms with Crippen molar-refractivity contribution in [3.63, 3.8) is 0 Å². The lowest BCUT2D eigenvalue weighted by atomic mass is 10.1. The standard InChI is InChI=1S/C13H25NOS/c1-16-11-7-3-2-5-9-14-12-13-8-4-6-10-15-13/h6,10,13-14H,2-5,7-9,11-12H2,1H3. The van der Waals surface area contributed by atoms with E-state index in [1.54, 1.807) is 0 Å². The van der Waals surface area contributed by atoms with Gasteiger partial charge < -0.3 is 10.1 Å². The van der Waals surface area contributed by atoms with Gasteiger partial charge in [0.1, 0.15) is 6.10 Å². The molecule has 1 unspecified atom stereocenters. The summed E-state index contributed by atoms with van der Waals surface area (Å²) in [7, 11) is 0. The Morgan fingerprint density at radius 3 is 2.94 bits per heavy atom. The Hall–Kier alpha value is -0.150. The second-order valence-electron chi connectivity index (χ2n) is 4.32. The normalized spacial score (nSPS) is 19.7. The van der Waals surface area contributed by atoms with Crippen molar-refractivity contribution in [3.05, 3.63) is 12.3 Å². The molecule has 1 N–H and O–H groups in total. The number of hydrogen-bond donors (Lipinski definition) is 1. The Morgan fingerprint density at radius 1 is 1.31 bits per heavy atom. The van der Waals surface area contributed by atoms with Crippen molar-refractivity contribution in [2.75, 3.05) is 25.1 Å². The molecule has 0 fully saturated rings. The van der Waals surface area contributed by atoms with Crippen molar-refractivity contribution in [2.24, 2.45) is 0 Å². The van der Waals surface area contributed by atoms with Gasteiger partial charge in [0.2, 0.25) is 0 Å². The van der Waals surface area contributed by atoms with Crippen molar-refractivity contribution in [3.8, 4) is 0 Å². The maximum absolute atomic E-state index is 5.49. The largest absolute Gasteiger partial charge is 0.497 e. The number of allylic oxidation sites excluding steroid dienone is 1. The molecule has 1 heterocycles. The molecule has 3 heteroatoms. The number of nitrogens with one attached hydrogen (secondary N) is 1. The Kier molecular flexibility index (Phi) is 8.72. The molecule has 0 bridgehead atoms. The van der Waals surface area contributed by atoms with Gasteiger partial charge in [-0.05, 0) is 50.3 Å². The summed E-state index contributed by atoms with van der Waals surface area (Å²) in [6.07, 6.45) is 14.3. The molecule has 2 nitrogen and oxygen atoms in total. The number of rotatable bonds is 9. The molecule has 1 aliphatic rings. The molecule has 1 aliphatic heterocycles. The predicted octanol–water partition coefficient (Wildman–Crippen LogP) is 3.19. The van der Waals surface area contributed by atoms with E-state index in [-0.39, 0.29) is 0 Å². The Morgan fingerprint density at radius 2 is 2.19 bits per heavy atom. The minimum Gasteiger partial charge on any atom is -0.497 e. The van der Waals surface area contributed by atoms with Gasteiger partial charge in [-0.15, -0.1) is 0 Å². The van der Waals surface area contributed by atoms with E-state index >= 15 is 0 Å². The highest BCUT2D eigenvalue weighted by molar-refractivity contribution is 7.98. The molecule has 0 spiro atoms. The lowest BCUT2D eigenvalue weighted by Gasteiger charge is -2.19. The zero-order valence-corrected chi connectivity index (χ0v) is 11.2. The van der Waals surface area contributed by atoms with Crippen LogP contribution in [0.15, 0.2) is 12.3 Å². The zero-order valence-electron chi connectivity index (χ0n) is 10.4. The van der Waals surface area contributed by atoms with Crippen molar-refractivity contribution in [1.82, 2.24) is 5.32 Å². The van der Waals surface area contributed by atoms with E-state index in [0.29, 0.717) is 6.10 Å². The van der Waals surface area contributed by atoms with Crippen LogP contribution in [0.2, 0.25) is 0 Å². The summed E-state index contributed by atoms with van der Waals surface area (Å²) in [4.78, 5) is 0. The van der Waals surface area contributed by atoms with Gasteiger partial charge >= 0.3 is 0 Å². The maximum Gasteiger partial charge on any atom is 0.110 e. The summed E-state index contributed by atoms with van der Waals surface area (Å²) in [6.45, 7) is 2.15. The molecular formula is C13H25NOS. The monoisotopic (exact) mass is 243 g/mol. The van der Waals surface area contributed by atoms with E-state index in [9.17, 15) is 0 Å². The topological polar surface area (TPSA) is 21.3 Å². The van der Waals surface area contributed by atoms with Gasteiger partial charge in [-0.3, -0.25) is 0 Å². The second kappa shape index (κ2) is 10.0. The fourth-order valence-electron chi connectivity index (χ4n) is 1.85. The molecule has 1 rings (SSSR count). The number of hydrogen-bond acceptors (Lipinski definition) is 3. The van der Waals surface area contributed by atoms with Crippen molar-refractivity contribution in [1.29, 1.82) is 0 Å². The summed E-state index contributed by atoms with van der Waals surface area (Å²) in [6, 6.07) is 0. The SMILES string of the molecule is CSCCCCCCNCC1CCC=CO1. The Labute approximate surface area is 104 Å². The van der Waals surface area contributed by atoms with Crippen molar-refractivity contribution in [2.45, 2.75) is 44.6 Å². The number of thioether (sulfide) groups is 1. The Bertz CT molecular complexity index is 185. The first-order valence-electron chi connectivity index (χ1n) is 6.43.